The monoisotopic (exact) mass is 226 g/mol. The van der Waals surface area contributed by atoms with E-state index in [4.69, 9.17) is 4.74 Å². The van der Waals surface area contributed by atoms with Crippen LogP contribution in [0.25, 0.3) is 0 Å². The fraction of sp³-hybridized carbons (Fsp3) is 0.143. The maximum absolute atomic E-state index is 5.33. The van der Waals surface area contributed by atoms with Crippen molar-refractivity contribution in [1.82, 2.24) is 4.98 Å². The summed E-state index contributed by atoms with van der Waals surface area (Å²) in [6.45, 7) is 2.00. The van der Waals surface area contributed by atoms with E-state index in [9.17, 15) is 0 Å². The van der Waals surface area contributed by atoms with Crippen LogP contribution < -0.4 is 4.74 Å². The fourth-order valence-electron chi connectivity index (χ4n) is 1.59. The second-order valence-corrected chi connectivity index (χ2v) is 3.64. The Hall–Kier alpha value is -2.16. The second-order valence-electron chi connectivity index (χ2n) is 3.64. The van der Waals surface area contributed by atoms with Gasteiger partial charge in [-0.3, -0.25) is 9.98 Å². The lowest BCUT2D eigenvalue weighted by Gasteiger charge is -2.06. The van der Waals surface area contributed by atoms with Crippen LogP contribution in [0.2, 0.25) is 0 Å². The van der Waals surface area contributed by atoms with Gasteiger partial charge in [0.05, 0.1) is 19.0 Å². The molecule has 0 bridgehead atoms. The summed E-state index contributed by atoms with van der Waals surface area (Å²) in [4.78, 5) is 8.58. The van der Waals surface area contributed by atoms with Crippen LogP contribution in [-0.2, 0) is 0 Å². The molecular weight excluding hydrogens is 212 g/mol. The van der Waals surface area contributed by atoms with Gasteiger partial charge >= 0.3 is 0 Å². The Morgan fingerprint density at radius 3 is 2.76 bits per heavy atom. The largest absolute Gasteiger partial charge is 0.494 e. The van der Waals surface area contributed by atoms with E-state index >= 15 is 0 Å². The maximum atomic E-state index is 5.33. The predicted molar refractivity (Wildman–Crippen MR) is 69.2 cm³/mol. The van der Waals surface area contributed by atoms with Crippen LogP contribution in [0.4, 0.5) is 5.69 Å². The van der Waals surface area contributed by atoms with Gasteiger partial charge in [0.1, 0.15) is 11.4 Å². The smallest absolute Gasteiger partial charge is 0.147 e. The first kappa shape index (κ1) is 11.3. The Kier molecular flexibility index (Phi) is 3.50. The molecule has 0 atom stereocenters. The van der Waals surface area contributed by atoms with Crippen molar-refractivity contribution in [2.75, 3.05) is 7.11 Å². The number of hydrogen-bond donors (Lipinski definition) is 0. The maximum Gasteiger partial charge on any atom is 0.147 e. The molecule has 3 heteroatoms. The van der Waals surface area contributed by atoms with Crippen LogP contribution in [-0.4, -0.2) is 18.3 Å². The summed E-state index contributed by atoms with van der Waals surface area (Å²) >= 11 is 0. The highest BCUT2D eigenvalue weighted by Gasteiger charge is 2.03. The van der Waals surface area contributed by atoms with Gasteiger partial charge in [0.25, 0.3) is 0 Å². The van der Waals surface area contributed by atoms with Crippen molar-refractivity contribution in [1.29, 1.82) is 0 Å². The summed E-state index contributed by atoms with van der Waals surface area (Å²) in [7, 11) is 1.65. The molecule has 0 fully saturated rings. The molecule has 0 radical (unpaired) electrons. The first-order chi connectivity index (χ1) is 8.31. The highest BCUT2D eigenvalue weighted by Crippen LogP contribution is 2.30. The molecular formula is C14H14N2O. The van der Waals surface area contributed by atoms with Gasteiger partial charge in [-0.1, -0.05) is 18.2 Å². The molecule has 1 aromatic heterocycles. The van der Waals surface area contributed by atoms with E-state index in [0.717, 1.165) is 22.7 Å². The van der Waals surface area contributed by atoms with Gasteiger partial charge in [-0.25, -0.2) is 0 Å². The Balaban J connectivity index is 2.30. The zero-order valence-corrected chi connectivity index (χ0v) is 9.92. The normalized spacial score (nSPS) is 10.7. The zero-order chi connectivity index (χ0) is 12.1. The average Bonchev–Trinajstić information content (AvgIpc) is 2.37. The van der Waals surface area contributed by atoms with Gasteiger partial charge < -0.3 is 4.74 Å². The number of nitrogens with zero attached hydrogens (tertiary/aromatic N) is 2. The molecule has 0 unspecified atom stereocenters. The summed E-state index contributed by atoms with van der Waals surface area (Å²) in [6.07, 6.45) is 3.48. The highest BCUT2D eigenvalue weighted by molar-refractivity contribution is 5.80. The highest BCUT2D eigenvalue weighted by atomic mass is 16.5. The van der Waals surface area contributed by atoms with Crippen LogP contribution in [0.1, 0.15) is 11.3 Å². The van der Waals surface area contributed by atoms with E-state index in [2.05, 4.69) is 9.98 Å². The minimum absolute atomic E-state index is 0.805. The van der Waals surface area contributed by atoms with Crippen LogP contribution >= 0.6 is 0 Å². The number of methoxy groups -OCH3 is 1. The number of rotatable bonds is 3. The van der Waals surface area contributed by atoms with Gasteiger partial charge in [-0.15, -0.1) is 0 Å². The van der Waals surface area contributed by atoms with Crippen molar-refractivity contribution >= 4 is 11.9 Å². The number of hydrogen-bond acceptors (Lipinski definition) is 3. The topological polar surface area (TPSA) is 34.5 Å². The summed E-state index contributed by atoms with van der Waals surface area (Å²) in [5, 5.41) is 0. The van der Waals surface area contributed by atoms with Gasteiger partial charge in [-0.05, 0) is 30.7 Å². The zero-order valence-electron chi connectivity index (χ0n) is 9.92. The van der Waals surface area contributed by atoms with Crippen LogP contribution in [0.3, 0.4) is 0 Å². The van der Waals surface area contributed by atoms with Crippen molar-refractivity contribution in [3.05, 3.63) is 53.9 Å². The third-order valence-electron chi connectivity index (χ3n) is 2.42. The van der Waals surface area contributed by atoms with E-state index in [1.165, 1.54) is 0 Å². The summed E-state index contributed by atoms with van der Waals surface area (Å²) in [6, 6.07) is 11.6. The number of aryl methyl sites for hydroxylation is 1. The molecule has 0 spiro atoms. The molecule has 0 N–H and O–H groups in total. The molecule has 0 aliphatic carbocycles. The molecule has 1 heterocycles. The van der Waals surface area contributed by atoms with Crippen LogP contribution in [0.15, 0.2) is 47.6 Å². The van der Waals surface area contributed by atoms with Crippen molar-refractivity contribution < 1.29 is 4.74 Å². The minimum atomic E-state index is 0.805. The van der Waals surface area contributed by atoms with Gasteiger partial charge in [0.2, 0.25) is 0 Å². The Morgan fingerprint density at radius 2 is 2.06 bits per heavy atom. The lowest BCUT2D eigenvalue weighted by atomic mass is 10.2. The van der Waals surface area contributed by atoms with Crippen molar-refractivity contribution in [2.24, 2.45) is 4.99 Å². The first-order valence-electron chi connectivity index (χ1n) is 5.40. The third-order valence-corrected chi connectivity index (χ3v) is 2.42. The van der Waals surface area contributed by atoms with E-state index in [-0.39, 0.29) is 0 Å². The molecule has 86 valence electrons. The molecule has 2 aromatic rings. The number of aliphatic imine (C=N–C) groups is 1. The van der Waals surface area contributed by atoms with E-state index < -0.39 is 0 Å². The quantitative estimate of drug-likeness (QED) is 0.753. The number of aromatic nitrogens is 1. The first-order valence-corrected chi connectivity index (χ1v) is 5.40. The third kappa shape index (κ3) is 2.69. The molecule has 1 aromatic carbocycles. The molecule has 2 rings (SSSR count). The van der Waals surface area contributed by atoms with Crippen molar-refractivity contribution in [3.63, 3.8) is 0 Å². The number of pyridine rings is 1. The number of ether oxygens (including phenoxy) is 1. The minimum Gasteiger partial charge on any atom is -0.494 e. The summed E-state index contributed by atoms with van der Waals surface area (Å²) in [5.41, 5.74) is 2.72. The van der Waals surface area contributed by atoms with Gasteiger partial charge in [-0.2, -0.15) is 0 Å². The SMILES string of the molecule is COc1c(C)cccc1N=Cc1ccccn1. The Morgan fingerprint density at radius 1 is 1.18 bits per heavy atom. The number of para-hydroxylation sites is 1. The Bertz CT molecular complexity index is 521. The average molecular weight is 226 g/mol. The molecule has 0 amide bonds. The molecule has 3 nitrogen and oxygen atoms in total. The lowest BCUT2D eigenvalue weighted by Crippen LogP contribution is -1.88. The van der Waals surface area contributed by atoms with Crippen molar-refractivity contribution in [3.8, 4) is 5.75 Å². The number of benzene rings is 1. The van der Waals surface area contributed by atoms with Gasteiger partial charge in [0.15, 0.2) is 0 Å². The van der Waals surface area contributed by atoms with E-state index in [0.29, 0.717) is 0 Å². The summed E-state index contributed by atoms with van der Waals surface area (Å²) in [5.74, 6) is 0.805. The van der Waals surface area contributed by atoms with Crippen LogP contribution in [0.5, 0.6) is 5.75 Å². The van der Waals surface area contributed by atoms with E-state index in [1.807, 2.05) is 43.3 Å². The molecule has 0 saturated carbocycles. The van der Waals surface area contributed by atoms with Crippen LogP contribution in [0, 0.1) is 6.92 Å². The predicted octanol–water partition coefficient (Wildman–Crippen LogP) is 3.15. The van der Waals surface area contributed by atoms with E-state index in [1.54, 1.807) is 19.5 Å². The molecule has 17 heavy (non-hydrogen) atoms. The fourth-order valence-corrected chi connectivity index (χ4v) is 1.59. The second kappa shape index (κ2) is 5.25. The van der Waals surface area contributed by atoms with Gasteiger partial charge in [0, 0.05) is 6.20 Å². The molecule has 0 aliphatic rings. The molecule has 0 aliphatic heterocycles. The Labute approximate surface area is 101 Å². The van der Waals surface area contributed by atoms with Crippen molar-refractivity contribution in [2.45, 2.75) is 6.92 Å². The molecule has 0 saturated heterocycles. The summed E-state index contributed by atoms with van der Waals surface area (Å²) < 4.78 is 5.33. The lowest BCUT2D eigenvalue weighted by molar-refractivity contribution is 0.413. The standard InChI is InChI=1S/C14H14N2O/c1-11-6-5-8-13(14(11)17-2)16-10-12-7-3-4-9-15-12/h3-10H,1-2H3.